The third kappa shape index (κ3) is 3.73. The van der Waals surface area contributed by atoms with Crippen LogP contribution in [0.4, 0.5) is 0 Å². The van der Waals surface area contributed by atoms with Crippen molar-refractivity contribution in [1.29, 1.82) is 0 Å². The van der Waals surface area contributed by atoms with Crippen LogP contribution in [0.5, 0.6) is 11.6 Å². The van der Waals surface area contributed by atoms with E-state index in [9.17, 15) is 14.7 Å². The van der Waals surface area contributed by atoms with E-state index in [1.54, 1.807) is 26.2 Å². The van der Waals surface area contributed by atoms with Crippen LogP contribution in [-0.4, -0.2) is 27.5 Å². The van der Waals surface area contributed by atoms with Crippen LogP contribution >= 0.6 is 0 Å². The van der Waals surface area contributed by atoms with Crippen molar-refractivity contribution in [3.05, 3.63) is 86.1 Å². The zero-order valence-electron chi connectivity index (χ0n) is 15.9. The van der Waals surface area contributed by atoms with Crippen LogP contribution in [0, 0.1) is 6.92 Å². The lowest BCUT2D eigenvalue weighted by molar-refractivity contribution is 0.410. The average molecular weight is 379 g/mol. The molecule has 1 heterocycles. The number of methoxy groups -OCH3 is 1. The van der Waals surface area contributed by atoms with Crippen LogP contribution in [-0.2, 0) is 6.54 Å². The lowest BCUT2D eigenvalue weighted by atomic mass is 10.1. The highest BCUT2D eigenvalue weighted by Crippen LogP contribution is 2.20. The number of nitrogens with zero attached hydrogens (tertiary/aromatic N) is 2. The third-order valence-corrected chi connectivity index (χ3v) is 4.42. The Labute approximate surface area is 161 Å². The Morgan fingerprint density at radius 1 is 1.14 bits per heavy atom. The molecule has 0 unspecified atom stereocenters. The summed E-state index contributed by atoms with van der Waals surface area (Å²) in [5.41, 5.74) is 1.16. The zero-order valence-corrected chi connectivity index (χ0v) is 15.9. The highest BCUT2D eigenvalue weighted by Gasteiger charge is 2.18. The number of aliphatic imine (C=N–C) groups is 1. The SMILES string of the molecule is COc1ccccc1CN=C(C)c1c(O)n(-c2ccc(C)cc2)c(=O)[nH]c1=O. The van der Waals surface area contributed by atoms with Gasteiger partial charge in [0.2, 0.25) is 5.88 Å². The molecule has 0 radical (unpaired) electrons. The number of hydrogen-bond donors (Lipinski definition) is 2. The van der Waals surface area contributed by atoms with Gasteiger partial charge in [0, 0.05) is 5.56 Å². The van der Waals surface area contributed by atoms with Gasteiger partial charge in [-0.05, 0) is 32.0 Å². The lowest BCUT2D eigenvalue weighted by Crippen LogP contribution is -2.32. The quantitative estimate of drug-likeness (QED) is 0.666. The van der Waals surface area contributed by atoms with Crippen LogP contribution in [0.25, 0.3) is 5.69 Å². The van der Waals surface area contributed by atoms with Gasteiger partial charge in [-0.3, -0.25) is 14.8 Å². The molecule has 0 atom stereocenters. The molecule has 1 aromatic heterocycles. The average Bonchev–Trinajstić information content (AvgIpc) is 2.67. The van der Waals surface area contributed by atoms with E-state index in [0.717, 1.165) is 15.7 Å². The zero-order chi connectivity index (χ0) is 20.3. The number of aromatic hydroxyl groups is 1. The van der Waals surface area contributed by atoms with Crippen molar-refractivity contribution in [3.63, 3.8) is 0 Å². The van der Waals surface area contributed by atoms with Crippen molar-refractivity contribution in [2.24, 2.45) is 4.99 Å². The van der Waals surface area contributed by atoms with Crippen molar-refractivity contribution >= 4 is 5.71 Å². The molecule has 144 valence electrons. The summed E-state index contributed by atoms with van der Waals surface area (Å²) in [5, 5.41) is 10.7. The first-order chi connectivity index (χ1) is 13.4. The first kappa shape index (κ1) is 19.2. The van der Waals surface area contributed by atoms with Crippen molar-refractivity contribution in [2.75, 3.05) is 7.11 Å². The van der Waals surface area contributed by atoms with Gasteiger partial charge in [-0.15, -0.1) is 0 Å². The Balaban J connectivity index is 2.06. The van der Waals surface area contributed by atoms with Crippen molar-refractivity contribution in [1.82, 2.24) is 9.55 Å². The maximum atomic E-state index is 12.3. The topological polar surface area (TPSA) is 96.7 Å². The summed E-state index contributed by atoms with van der Waals surface area (Å²) in [6.45, 7) is 3.79. The number of benzene rings is 2. The predicted octanol–water partition coefficient (Wildman–Crippen LogP) is 2.56. The summed E-state index contributed by atoms with van der Waals surface area (Å²) in [6, 6.07) is 14.4. The molecule has 0 aliphatic rings. The molecule has 0 amide bonds. The van der Waals surface area contributed by atoms with Gasteiger partial charge in [0.25, 0.3) is 5.56 Å². The molecule has 2 aromatic carbocycles. The summed E-state index contributed by atoms with van der Waals surface area (Å²) in [7, 11) is 1.57. The van der Waals surface area contributed by atoms with Crippen LogP contribution in [0.3, 0.4) is 0 Å². The number of rotatable bonds is 5. The van der Waals surface area contributed by atoms with Crippen molar-refractivity contribution < 1.29 is 9.84 Å². The number of nitrogens with one attached hydrogen (secondary N) is 1. The molecule has 7 nitrogen and oxygen atoms in total. The normalized spacial score (nSPS) is 11.5. The summed E-state index contributed by atoms with van der Waals surface area (Å²) in [5.74, 6) is 0.237. The van der Waals surface area contributed by atoms with E-state index in [0.29, 0.717) is 17.1 Å². The molecule has 0 bridgehead atoms. The maximum Gasteiger partial charge on any atom is 0.335 e. The minimum absolute atomic E-state index is 0.0462. The summed E-state index contributed by atoms with van der Waals surface area (Å²) in [6.07, 6.45) is 0. The molecule has 7 heteroatoms. The highest BCUT2D eigenvalue weighted by molar-refractivity contribution is 6.00. The third-order valence-electron chi connectivity index (χ3n) is 4.42. The van der Waals surface area contributed by atoms with E-state index >= 15 is 0 Å². The maximum absolute atomic E-state index is 12.3. The predicted molar refractivity (Wildman–Crippen MR) is 108 cm³/mol. The Morgan fingerprint density at radius 3 is 2.50 bits per heavy atom. The van der Waals surface area contributed by atoms with E-state index < -0.39 is 17.1 Å². The Hall–Kier alpha value is -3.61. The van der Waals surface area contributed by atoms with Crippen molar-refractivity contribution in [3.8, 4) is 17.3 Å². The summed E-state index contributed by atoms with van der Waals surface area (Å²) in [4.78, 5) is 31.3. The molecule has 0 saturated carbocycles. The smallest absolute Gasteiger partial charge is 0.335 e. The molecule has 3 aromatic rings. The lowest BCUT2D eigenvalue weighted by Gasteiger charge is -2.12. The Kier molecular flexibility index (Phi) is 5.44. The highest BCUT2D eigenvalue weighted by atomic mass is 16.5. The second-order valence-electron chi connectivity index (χ2n) is 6.34. The van der Waals surface area contributed by atoms with Gasteiger partial charge in [0.1, 0.15) is 11.3 Å². The van der Waals surface area contributed by atoms with Gasteiger partial charge < -0.3 is 9.84 Å². The van der Waals surface area contributed by atoms with Gasteiger partial charge in [-0.25, -0.2) is 9.36 Å². The molecule has 28 heavy (non-hydrogen) atoms. The van der Waals surface area contributed by atoms with Crippen LogP contribution in [0.15, 0.2) is 63.1 Å². The second-order valence-corrected chi connectivity index (χ2v) is 6.34. The number of H-pyrrole nitrogens is 1. The van der Waals surface area contributed by atoms with E-state index in [-0.39, 0.29) is 12.1 Å². The number of aryl methyl sites for hydroxylation is 1. The molecule has 0 fully saturated rings. The number of ether oxygens (including phenoxy) is 1. The van der Waals surface area contributed by atoms with E-state index in [1.165, 1.54) is 0 Å². The van der Waals surface area contributed by atoms with Crippen LogP contribution in [0.1, 0.15) is 23.6 Å². The van der Waals surface area contributed by atoms with Gasteiger partial charge in [-0.2, -0.15) is 0 Å². The standard InChI is InChI=1S/C21H21N3O4/c1-13-8-10-16(11-9-13)24-20(26)18(19(25)23-21(24)27)14(2)22-12-15-6-4-5-7-17(15)28-3/h4-11,26H,12H2,1-3H3,(H,23,25,27). The Morgan fingerprint density at radius 2 is 1.82 bits per heavy atom. The van der Waals surface area contributed by atoms with Gasteiger partial charge in [0.15, 0.2) is 0 Å². The molecule has 0 saturated heterocycles. The fourth-order valence-electron chi connectivity index (χ4n) is 2.90. The minimum Gasteiger partial charge on any atom is -0.496 e. The number of hydrogen-bond acceptors (Lipinski definition) is 5. The van der Waals surface area contributed by atoms with Gasteiger partial charge >= 0.3 is 5.69 Å². The summed E-state index contributed by atoms with van der Waals surface area (Å²) >= 11 is 0. The molecular formula is C21H21N3O4. The van der Waals surface area contributed by atoms with E-state index in [4.69, 9.17) is 4.74 Å². The first-order valence-corrected chi connectivity index (χ1v) is 8.71. The van der Waals surface area contributed by atoms with Crippen molar-refractivity contribution in [2.45, 2.75) is 20.4 Å². The number of aromatic amines is 1. The van der Waals surface area contributed by atoms with Gasteiger partial charge in [-0.1, -0.05) is 35.9 Å². The number of aromatic nitrogens is 2. The fraction of sp³-hybridized carbons (Fsp3) is 0.190. The largest absolute Gasteiger partial charge is 0.496 e. The van der Waals surface area contributed by atoms with Crippen LogP contribution < -0.4 is 16.0 Å². The van der Waals surface area contributed by atoms with E-state index in [2.05, 4.69) is 9.98 Å². The minimum atomic E-state index is -0.715. The molecule has 0 aliphatic carbocycles. The second kappa shape index (κ2) is 7.96. The van der Waals surface area contributed by atoms with Crippen LogP contribution in [0.2, 0.25) is 0 Å². The fourth-order valence-corrected chi connectivity index (χ4v) is 2.90. The monoisotopic (exact) mass is 379 g/mol. The first-order valence-electron chi connectivity index (χ1n) is 8.71. The summed E-state index contributed by atoms with van der Waals surface area (Å²) < 4.78 is 6.35. The molecule has 3 rings (SSSR count). The number of para-hydroxylation sites is 1. The molecular weight excluding hydrogens is 358 g/mol. The molecule has 0 aliphatic heterocycles. The molecule has 2 N–H and O–H groups in total. The van der Waals surface area contributed by atoms with E-state index in [1.807, 2.05) is 43.3 Å². The van der Waals surface area contributed by atoms with Gasteiger partial charge in [0.05, 0.1) is 25.1 Å². The Bertz CT molecular complexity index is 1140. The molecule has 0 spiro atoms.